The largest absolute Gasteiger partial charge is 0.301 e. The summed E-state index contributed by atoms with van der Waals surface area (Å²) in [6.45, 7) is 0.695. The molecule has 0 aliphatic carbocycles. The number of fused-ring (bicyclic) bond motifs is 1. The molecule has 0 bridgehead atoms. The molecule has 2 rings (SSSR count). The molecule has 1 heterocycles. The highest BCUT2D eigenvalue weighted by Crippen LogP contribution is 2.35. The van der Waals surface area contributed by atoms with Crippen LogP contribution in [-0.2, 0) is 4.79 Å². The summed E-state index contributed by atoms with van der Waals surface area (Å²) in [5.41, 5.74) is 1.53. The first-order valence-corrected chi connectivity index (χ1v) is 6.75. The molecule has 0 saturated carbocycles. The van der Waals surface area contributed by atoms with Crippen molar-refractivity contribution < 1.29 is 4.79 Å². The average molecular weight is 317 g/mol. The summed E-state index contributed by atoms with van der Waals surface area (Å²) >= 11 is 9.23. The minimum atomic E-state index is -0.362. The van der Waals surface area contributed by atoms with Gasteiger partial charge in [-0.25, -0.2) is 0 Å². The smallest absolute Gasteiger partial charge is 0.148 e. The predicted octanol–water partition coefficient (Wildman–Crippen LogP) is 3.68. The highest BCUT2D eigenvalue weighted by molar-refractivity contribution is 9.09. The third kappa shape index (κ3) is 2.66. The molecule has 90 valence electrons. The van der Waals surface area contributed by atoms with Crippen LogP contribution in [0.15, 0.2) is 28.5 Å². The maximum atomic E-state index is 11.2. The summed E-state index contributed by atoms with van der Waals surface area (Å²) in [4.78, 5) is 11.2. The highest BCUT2D eigenvalue weighted by atomic mass is 79.9. The number of carbonyl (C=O) groups is 1. The molecule has 0 saturated heterocycles. The van der Waals surface area contributed by atoms with E-state index in [1.54, 1.807) is 17.1 Å². The van der Waals surface area contributed by atoms with E-state index in [1.807, 2.05) is 6.07 Å². The molecule has 4 nitrogen and oxygen atoms in total. The number of rotatable bonds is 4. The SMILES string of the molecule is O=CC1c2ccc(Cl)cc2N=NN1CCCBr. The number of carbonyl (C=O) groups excluding carboxylic acids is 1. The molecule has 1 aliphatic heterocycles. The summed E-state index contributed by atoms with van der Waals surface area (Å²) in [6, 6.07) is 4.95. The molecule has 1 aliphatic rings. The molecule has 0 amide bonds. The van der Waals surface area contributed by atoms with Gasteiger partial charge in [-0.3, -0.25) is 5.01 Å². The average Bonchev–Trinajstić information content (AvgIpc) is 2.35. The van der Waals surface area contributed by atoms with Crippen LogP contribution < -0.4 is 0 Å². The fraction of sp³-hybridized carbons (Fsp3) is 0.364. The van der Waals surface area contributed by atoms with Crippen LogP contribution in [0.5, 0.6) is 0 Å². The van der Waals surface area contributed by atoms with Gasteiger partial charge in [0.25, 0.3) is 0 Å². The minimum Gasteiger partial charge on any atom is -0.301 e. The van der Waals surface area contributed by atoms with Crippen LogP contribution >= 0.6 is 27.5 Å². The van der Waals surface area contributed by atoms with Gasteiger partial charge in [0, 0.05) is 22.5 Å². The van der Waals surface area contributed by atoms with Gasteiger partial charge in [0.05, 0.1) is 5.69 Å². The zero-order valence-electron chi connectivity index (χ0n) is 9.01. The first kappa shape index (κ1) is 12.5. The van der Waals surface area contributed by atoms with E-state index in [2.05, 4.69) is 26.3 Å². The Bertz CT molecular complexity index is 452. The van der Waals surface area contributed by atoms with E-state index in [4.69, 9.17) is 11.6 Å². The van der Waals surface area contributed by atoms with Crippen molar-refractivity contribution in [2.24, 2.45) is 10.3 Å². The van der Waals surface area contributed by atoms with E-state index in [9.17, 15) is 4.79 Å². The van der Waals surface area contributed by atoms with Gasteiger partial charge < -0.3 is 4.79 Å². The Balaban J connectivity index is 2.29. The van der Waals surface area contributed by atoms with Gasteiger partial charge in [0.15, 0.2) is 0 Å². The molecule has 1 unspecified atom stereocenters. The Kier molecular flexibility index (Phi) is 4.12. The first-order chi connectivity index (χ1) is 8.26. The number of aldehydes is 1. The number of hydrogen-bond donors (Lipinski definition) is 0. The van der Waals surface area contributed by atoms with E-state index >= 15 is 0 Å². The second kappa shape index (κ2) is 5.60. The lowest BCUT2D eigenvalue weighted by Crippen LogP contribution is -2.27. The Morgan fingerprint density at radius 2 is 2.35 bits per heavy atom. The number of alkyl halides is 1. The van der Waals surface area contributed by atoms with Gasteiger partial charge in [-0.2, -0.15) is 0 Å². The maximum Gasteiger partial charge on any atom is 0.148 e. The standard InChI is InChI=1S/C11H11BrClN3O/c12-4-1-5-16-11(7-17)9-3-2-8(13)6-10(9)14-15-16/h2-3,6-7,11H,1,4-5H2. The number of halogens is 2. The zero-order valence-corrected chi connectivity index (χ0v) is 11.4. The minimum absolute atomic E-state index is 0.362. The van der Waals surface area contributed by atoms with Crippen LogP contribution in [0.1, 0.15) is 18.0 Å². The number of benzene rings is 1. The summed E-state index contributed by atoms with van der Waals surface area (Å²) < 4.78 is 0. The monoisotopic (exact) mass is 315 g/mol. The Morgan fingerprint density at radius 1 is 1.53 bits per heavy atom. The molecule has 0 radical (unpaired) electrons. The van der Waals surface area contributed by atoms with Crippen molar-refractivity contribution in [1.29, 1.82) is 0 Å². The highest BCUT2D eigenvalue weighted by Gasteiger charge is 2.25. The third-order valence-corrected chi connectivity index (χ3v) is 3.35. The molecule has 1 aromatic carbocycles. The van der Waals surface area contributed by atoms with E-state index in [0.717, 1.165) is 23.6 Å². The second-order valence-electron chi connectivity index (χ2n) is 3.68. The number of nitrogens with zero attached hydrogens (tertiary/aromatic N) is 3. The van der Waals surface area contributed by atoms with Crippen molar-refractivity contribution in [3.05, 3.63) is 28.8 Å². The van der Waals surface area contributed by atoms with Gasteiger partial charge in [0.2, 0.25) is 0 Å². The molecule has 0 N–H and O–H groups in total. The molecule has 1 atom stereocenters. The molecule has 17 heavy (non-hydrogen) atoms. The molecule has 0 fully saturated rings. The molecule has 0 spiro atoms. The molecule has 6 heteroatoms. The zero-order chi connectivity index (χ0) is 12.3. The van der Waals surface area contributed by atoms with Gasteiger partial charge in [-0.05, 0) is 18.6 Å². The van der Waals surface area contributed by atoms with Crippen molar-refractivity contribution in [1.82, 2.24) is 5.01 Å². The lowest BCUT2D eigenvalue weighted by atomic mass is 10.0. The van der Waals surface area contributed by atoms with Crippen LogP contribution in [0.25, 0.3) is 0 Å². The van der Waals surface area contributed by atoms with Crippen molar-refractivity contribution in [3.8, 4) is 0 Å². The first-order valence-electron chi connectivity index (χ1n) is 5.25. The van der Waals surface area contributed by atoms with Gasteiger partial charge in [-0.15, -0.1) is 5.11 Å². The van der Waals surface area contributed by atoms with Gasteiger partial charge in [-0.1, -0.05) is 38.8 Å². The van der Waals surface area contributed by atoms with Crippen molar-refractivity contribution >= 4 is 39.5 Å². The van der Waals surface area contributed by atoms with Crippen LogP contribution in [-0.4, -0.2) is 23.2 Å². The normalized spacial score (nSPS) is 18.0. The Labute approximate surface area is 113 Å². The quantitative estimate of drug-likeness (QED) is 0.628. The van der Waals surface area contributed by atoms with Crippen LogP contribution in [0.4, 0.5) is 5.69 Å². The van der Waals surface area contributed by atoms with Crippen LogP contribution in [0, 0.1) is 0 Å². The van der Waals surface area contributed by atoms with Crippen molar-refractivity contribution in [3.63, 3.8) is 0 Å². The lowest BCUT2D eigenvalue weighted by Gasteiger charge is -2.28. The van der Waals surface area contributed by atoms with E-state index in [-0.39, 0.29) is 6.04 Å². The number of hydrogen-bond acceptors (Lipinski definition) is 4. The molecule has 1 aromatic rings. The second-order valence-corrected chi connectivity index (χ2v) is 4.91. The fourth-order valence-electron chi connectivity index (χ4n) is 1.72. The summed E-state index contributed by atoms with van der Waals surface area (Å²) in [5, 5.41) is 11.3. The summed E-state index contributed by atoms with van der Waals surface area (Å²) in [7, 11) is 0. The van der Waals surface area contributed by atoms with Crippen LogP contribution in [0.3, 0.4) is 0 Å². The lowest BCUT2D eigenvalue weighted by molar-refractivity contribution is -0.113. The van der Waals surface area contributed by atoms with Crippen molar-refractivity contribution in [2.45, 2.75) is 12.5 Å². The molecular weight excluding hydrogens is 305 g/mol. The van der Waals surface area contributed by atoms with E-state index in [1.165, 1.54) is 0 Å². The van der Waals surface area contributed by atoms with Crippen LogP contribution in [0.2, 0.25) is 5.02 Å². The van der Waals surface area contributed by atoms with E-state index < -0.39 is 0 Å². The topological polar surface area (TPSA) is 45.0 Å². The summed E-state index contributed by atoms with van der Waals surface area (Å²) in [5.74, 6) is 0. The Hall–Kier alpha value is -0.940. The Morgan fingerprint density at radius 3 is 3.06 bits per heavy atom. The summed E-state index contributed by atoms with van der Waals surface area (Å²) in [6.07, 6.45) is 1.80. The van der Waals surface area contributed by atoms with Gasteiger partial charge in [0.1, 0.15) is 12.3 Å². The molecule has 0 aromatic heterocycles. The molecular formula is C11H11BrClN3O. The maximum absolute atomic E-state index is 11.2. The predicted molar refractivity (Wildman–Crippen MR) is 69.9 cm³/mol. The van der Waals surface area contributed by atoms with E-state index in [0.29, 0.717) is 17.3 Å². The van der Waals surface area contributed by atoms with Crippen molar-refractivity contribution in [2.75, 3.05) is 11.9 Å². The van der Waals surface area contributed by atoms with Gasteiger partial charge >= 0.3 is 0 Å². The third-order valence-electron chi connectivity index (χ3n) is 2.55. The fourth-order valence-corrected chi connectivity index (χ4v) is 2.14.